The predicted octanol–water partition coefficient (Wildman–Crippen LogP) is 1.77. The lowest BCUT2D eigenvalue weighted by atomic mass is 10.1. The standard InChI is InChI=1S/C22H23N7O3S/c1-24-12-14-2-4-16(5-3-14)21-28-29-22(32-21)19-20(23)25-13-18(27-19)15-6-8-17(9-7-15)33(31)26-10-11-30/h2-9,13,24,26,30H,10-12H2,1H3,(H2,23,25). The topological polar surface area (TPSA) is 152 Å². The van der Waals surface area contributed by atoms with Gasteiger partial charge in [-0.3, -0.25) is 0 Å². The molecule has 0 bridgehead atoms. The number of rotatable bonds is 9. The number of aliphatic hydroxyl groups excluding tert-OH is 1. The number of nitrogens with zero attached hydrogens (tertiary/aromatic N) is 4. The van der Waals surface area contributed by atoms with E-state index >= 15 is 0 Å². The normalized spacial score (nSPS) is 12.1. The van der Waals surface area contributed by atoms with Crippen LogP contribution in [-0.2, 0) is 17.5 Å². The van der Waals surface area contributed by atoms with E-state index in [9.17, 15) is 4.21 Å². The van der Waals surface area contributed by atoms with E-state index < -0.39 is 11.0 Å². The molecule has 0 aliphatic rings. The highest BCUT2D eigenvalue weighted by Gasteiger charge is 2.17. The number of anilines is 1. The third-order valence-electron chi connectivity index (χ3n) is 4.72. The molecule has 2 aromatic carbocycles. The van der Waals surface area contributed by atoms with Gasteiger partial charge in [-0.15, -0.1) is 10.2 Å². The van der Waals surface area contributed by atoms with Crippen LogP contribution in [-0.4, -0.2) is 49.7 Å². The molecule has 11 heteroatoms. The van der Waals surface area contributed by atoms with E-state index in [1.165, 1.54) is 0 Å². The first-order valence-corrected chi connectivity index (χ1v) is 11.3. The summed E-state index contributed by atoms with van der Waals surface area (Å²) >= 11 is 0. The molecule has 10 nitrogen and oxygen atoms in total. The van der Waals surface area contributed by atoms with Crippen LogP contribution in [0.15, 0.2) is 64.0 Å². The summed E-state index contributed by atoms with van der Waals surface area (Å²) in [5.41, 5.74) is 9.56. The highest BCUT2D eigenvalue weighted by molar-refractivity contribution is 7.83. The number of aliphatic hydroxyl groups is 1. The van der Waals surface area contributed by atoms with Gasteiger partial charge in [0, 0.05) is 24.2 Å². The molecule has 0 fully saturated rings. The lowest BCUT2D eigenvalue weighted by molar-refractivity contribution is 0.302. The minimum Gasteiger partial charge on any atom is -0.414 e. The zero-order valence-electron chi connectivity index (χ0n) is 17.9. The lowest BCUT2D eigenvalue weighted by Gasteiger charge is -2.06. The Morgan fingerprint density at radius 3 is 2.42 bits per heavy atom. The summed E-state index contributed by atoms with van der Waals surface area (Å²) in [6, 6.07) is 14.8. The van der Waals surface area contributed by atoms with Gasteiger partial charge in [0.05, 0.1) is 23.4 Å². The Bertz CT molecular complexity index is 1240. The van der Waals surface area contributed by atoms with E-state index in [1.807, 2.05) is 31.3 Å². The summed E-state index contributed by atoms with van der Waals surface area (Å²) in [7, 11) is 0.485. The zero-order chi connectivity index (χ0) is 23.2. The highest BCUT2D eigenvalue weighted by Crippen LogP contribution is 2.28. The van der Waals surface area contributed by atoms with Gasteiger partial charge in [-0.25, -0.2) is 18.9 Å². The second kappa shape index (κ2) is 10.4. The number of nitrogens with one attached hydrogen (secondary N) is 2. The monoisotopic (exact) mass is 465 g/mol. The Morgan fingerprint density at radius 1 is 1.03 bits per heavy atom. The van der Waals surface area contributed by atoms with E-state index in [4.69, 9.17) is 15.3 Å². The molecule has 1 atom stereocenters. The second-order valence-electron chi connectivity index (χ2n) is 7.04. The molecule has 0 aliphatic heterocycles. The van der Waals surface area contributed by atoms with Crippen LogP contribution < -0.4 is 15.8 Å². The third-order valence-corrected chi connectivity index (χ3v) is 5.89. The van der Waals surface area contributed by atoms with Crippen molar-refractivity contribution in [1.29, 1.82) is 0 Å². The van der Waals surface area contributed by atoms with E-state index in [2.05, 4.69) is 30.2 Å². The molecule has 4 rings (SSSR count). The van der Waals surface area contributed by atoms with Crippen LogP contribution in [0.3, 0.4) is 0 Å². The van der Waals surface area contributed by atoms with E-state index in [1.54, 1.807) is 30.5 Å². The van der Waals surface area contributed by atoms with Crippen LogP contribution in [0, 0.1) is 0 Å². The zero-order valence-corrected chi connectivity index (χ0v) is 18.7. The van der Waals surface area contributed by atoms with Crippen molar-refractivity contribution in [2.45, 2.75) is 11.4 Å². The number of hydrogen-bond donors (Lipinski definition) is 4. The van der Waals surface area contributed by atoms with Crippen LogP contribution in [0.5, 0.6) is 0 Å². The van der Waals surface area contributed by atoms with Gasteiger partial charge in [-0.2, -0.15) is 0 Å². The van der Waals surface area contributed by atoms with Crippen molar-refractivity contribution in [2.75, 3.05) is 25.9 Å². The minimum absolute atomic E-state index is 0.0906. The van der Waals surface area contributed by atoms with Crippen molar-refractivity contribution >= 4 is 16.8 Å². The van der Waals surface area contributed by atoms with Crippen molar-refractivity contribution in [1.82, 2.24) is 30.2 Å². The van der Waals surface area contributed by atoms with Crippen LogP contribution in [0.25, 0.3) is 34.3 Å². The SMILES string of the molecule is CNCc1ccc(-c2nnc(-c3nc(-c4ccc(S(=O)NCCO)cc4)cnc3N)o2)cc1. The fourth-order valence-corrected chi connectivity index (χ4v) is 3.90. The largest absolute Gasteiger partial charge is 0.414 e. The molecule has 0 saturated carbocycles. The molecule has 0 amide bonds. The van der Waals surface area contributed by atoms with Gasteiger partial charge < -0.3 is 20.6 Å². The Morgan fingerprint density at radius 2 is 1.73 bits per heavy atom. The summed E-state index contributed by atoms with van der Waals surface area (Å²) < 4.78 is 20.7. The Kier molecular flexibility index (Phi) is 7.15. The van der Waals surface area contributed by atoms with Crippen molar-refractivity contribution in [2.24, 2.45) is 0 Å². The fourth-order valence-electron chi connectivity index (χ4n) is 3.07. The summed E-state index contributed by atoms with van der Waals surface area (Å²) in [4.78, 5) is 9.37. The maximum absolute atomic E-state index is 12.1. The van der Waals surface area contributed by atoms with Crippen molar-refractivity contribution in [3.63, 3.8) is 0 Å². The molecule has 0 spiro atoms. The van der Waals surface area contributed by atoms with Crippen molar-refractivity contribution < 1.29 is 13.7 Å². The van der Waals surface area contributed by atoms with Crippen molar-refractivity contribution in [3.8, 4) is 34.3 Å². The molecule has 1 unspecified atom stereocenters. The lowest BCUT2D eigenvalue weighted by Crippen LogP contribution is -2.20. The predicted molar refractivity (Wildman–Crippen MR) is 125 cm³/mol. The molecule has 0 saturated heterocycles. The smallest absolute Gasteiger partial charge is 0.270 e. The van der Waals surface area contributed by atoms with Gasteiger partial charge >= 0.3 is 0 Å². The molecular weight excluding hydrogens is 442 g/mol. The Labute approximate surface area is 192 Å². The molecule has 4 aromatic rings. The number of nitrogen functional groups attached to an aromatic ring is 1. The maximum atomic E-state index is 12.1. The number of aromatic nitrogens is 4. The number of nitrogens with two attached hydrogens (primary N) is 1. The molecule has 170 valence electrons. The van der Waals surface area contributed by atoms with Gasteiger partial charge in [0.15, 0.2) is 11.5 Å². The molecule has 0 aliphatic carbocycles. The van der Waals surface area contributed by atoms with Gasteiger partial charge in [-0.1, -0.05) is 24.3 Å². The van der Waals surface area contributed by atoms with Crippen molar-refractivity contribution in [3.05, 3.63) is 60.3 Å². The van der Waals surface area contributed by atoms with Gasteiger partial charge in [0.1, 0.15) is 11.0 Å². The number of hydrogen-bond acceptors (Lipinski definition) is 9. The maximum Gasteiger partial charge on any atom is 0.270 e. The van der Waals surface area contributed by atoms with Crippen LogP contribution >= 0.6 is 0 Å². The van der Waals surface area contributed by atoms with E-state index in [0.717, 1.165) is 23.2 Å². The molecule has 2 heterocycles. The van der Waals surface area contributed by atoms with Gasteiger partial charge in [0.2, 0.25) is 5.89 Å². The molecule has 2 aromatic heterocycles. The summed E-state index contributed by atoms with van der Waals surface area (Å²) in [6.45, 7) is 0.921. The molecule has 33 heavy (non-hydrogen) atoms. The van der Waals surface area contributed by atoms with E-state index in [0.29, 0.717) is 16.5 Å². The fraction of sp³-hybridized carbons (Fsp3) is 0.182. The van der Waals surface area contributed by atoms with Crippen LogP contribution in [0.1, 0.15) is 5.56 Å². The first-order valence-electron chi connectivity index (χ1n) is 10.2. The average Bonchev–Trinajstić information content (AvgIpc) is 3.34. The van der Waals surface area contributed by atoms with Gasteiger partial charge in [0.25, 0.3) is 5.89 Å². The summed E-state index contributed by atoms with van der Waals surface area (Å²) in [5, 5.41) is 20.2. The van der Waals surface area contributed by atoms with Gasteiger partial charge in [-0.05, 0) is 36.9 Å². The van der Waals surface area contributed by atoms with Crippen LogP contribution in [0.4, 0.5) is 5.82 Å². The number of benzene rings is 2. The first kappa shape index (κ1) is 22.7. The Hall–Kier alpha value is -3.51. The molecule has 5 N–H and O–H groups in total. The average molecular weight is 466 g/mol. The third kappa shape index (κ3) is 5.29. The second-order valence-corrected chi connectivity index (χ2v) is 8.34. The Balaban J connectivity index is 1.57. The summed E-state index contributed by atoms with van der Waals surface area (Å²) in [5.74, 6) is 0.696. The van der Waals surface area contributed by atoms with E-state index in [-0.39, 0.29) is 30.6 Å². The highest BCUT2D eigenvalue weighted by atomic mass is 32.2. The summed E-state index contributed by atoms with van der Waals surface area (Å²) in [6.07, 6.45) is 1.55. The molecular formula is C22H23N7O3S. The van der Waals surface area contributed by atoms with Crippen LogP contribution in [0.2, 0.25) is 0 Å². The minimum atomic E-state index is -1.41. The first-order chi connectivity index (χ1) is 16.1. The molecule has 0 radical (unpaired) electrons. The quantitative estimate of drug-likeness (QED) is 0.290.